The zero-order chi connectivity index (χ0) is 16.2. The van der Waals surface area contributed by atoms with Gasteiger partial charge in [0.15, 0.2) is 11.5 Å². The molecule has 0 bridgehead atoms. The molecule has 1 aliphatic rings. The summed E-state index contributed by atoms with van der Waals surface area (Å²) in [4.78, 5) is 15.9. The van der Waals surface area contributed by atoms with Gasteiger partial charge in [0.2, 0.25) is 12.9 Å². The average molecular weight is 315 g/mol. The maximum absolute atomic E-state index is 11.7. The number of aliphatic carboxylic acids is 1. The first-order valence-corrected chi connectivity index (χ1v) is 7.42. The molecule has 1 atom stereocenters. The van der Waals surface area contributed by atoms with Crippen LogP contribution in [0.4, 0.5) is 0 Å². The SMILES string of the molecule is CCCc1ncccc1OC(C(=O)O)c1ccc2c(c1)OCO2. The lowest BCUT2D eigenvalue weighted by Crippen LogP contribution is -2.19. The monoisotopic (exact) mass is 315 g/mol. The average Bonchev–Trinajstić information content (AvgIpc) is 3.01. The largest absolute Gasteiger partial charge is 0.478 e. The third-order valence-corrected chi connectivity index (χ3v) is 3.50. The van der Waals surface area contributed by atoms with Gasteiger partial charge in [-0.15, -0.1) is 0 Å². The van der Waals surface area contributed by atoms with Crippen LogP contribution >= 0.6 is 0 Å². The van der Waals surface area contributed by atoms with Gasteiger partial charge in [-0.25, -0.2) is 4.79 Å². The molecule has 2 heterocycles. The van der Waals surface area contributed by atoms with Crippen LogP contribution in [0.3, 0.4) is 0 Å². The fourth-order valence-electron chi connectivity index (χ4n) is 2.42. The Labute approximate surface area is 133 Å². The Morgan fingerprint density at radius 2 is 2.17 bits per heavy atom. The second kappa shape index (κ2) is 6.56. The Kier molecular flexibility index (Phi) is 4.32. The molecule has 3 rings (SSSR count). The zero-order valence-electron chi connectivity index (χ0n) is 12.7. The number of carboxylic acid groups (broad SMARTS) is 1. The van der Waals surface area contributed by atoms with E-state index in [2.05, 4.69) is 4.98 Å². The first-order chi connectivity index (χ1) is 11.2. The number of carboxylic acids is 1. The van der Waals surface area contributed by atoms with Gasteiger partial charge in [0.05, 0.1) is 5.69 Å². The maximum Gasteiger partial charge on any atom is 0.349 e. The predicted molar refractivity (Wildman–Crippen MR) is 81.8 cm³/mol. The number of aryl methyl sites for hydroxylation is 1. The molecule has 0 fully saturated rings. The summed E-state index contributed by atoms with van der Waals surface area (Å²) in [5, 5.41) is 9.54. The van der Waals surface area contributed by atoms with E-state index in [-0.39, 0.29) is 6.79 Å². The fourth-order valence-corrected chi connectivity index (χ4v) is 2.42. The highest BCUT2D eigenvalue weighted by Gasteiger charge is 2.26. The molecule has 0 spiro atoms. The topological polar surface area (TPSA) is 77.9 Å². The molecule has 120 valence electrons. The van der Waals surface area contributed by atoms with Crippen LogP contribution in [0.1, 0.15) is 30.7 Å². The normalized spacial score (nSPS) is 13.6. The van der Waals surface area contributed by atoms with Gasteiger partial charge in [-0.2, -0.15) is 0 Å². The second-order valence-electron chi connectivity index (χ2n) is 5.15. The van der Waals surface area contributed by atoms with Gasteiger partial charge in [0.25, 0.3) is 0 Å². The van der Waals surface area contributed by atoms with Crippen molar-refractivity contribution >= 4 is 5.97 Å². The highest BCUT2D eigenvalue weighted by molar-refractivity contribution is 5.75. The number of nitrogens with zero attached hydrogens (tertiary/aromatic N) is 1. The van der Waals surface area contributed by atoms with Crippen LogP contribution in [0.15, 0.2) is 36.5 Å². The van der Waals surface area contributed by atoms with Gasteiger partial charge >= 0.3 is 5.97 Å². The zero-order valence-corrected chi connectivity index (χ0v) is 12.7. The standard InChI is InChI=1S/C17H17NO5/c1-2-4-12-13(5-3-8-18-12)23-16(17(19)20)11-6-7-14-15(9-11)22-10-21-14/h3,5-9,16H,2,4,10H2,1H3,(H,19,20). The Bertz CT molecular complexity index is 716. The number of carbonyl (C=O) groups is 1. The highest BCUT2D eigenvalue weighted by Crippen LogP contribution is 2.35. The van der Waals surface area contributed by atoms with E-state index in [1.165, 1.54) is 0 Å². The summed E-state index contributed by atoms with van der Waals surface area (Å²) in [5.41, 5.74) is 1.25. The van der Waals surface area contributed by atoms with Gasteiger partial charge in [0, 0.05) is 11.8 Å². The summed E-state index contributed by atoms with van der Waals surface area (Å²) < 4.78 is 16.3. The fraction of sp³-hybridized carbons (Fsp3) is 0.294. The molecule has 6 nitrogen and oxygen atoms in total. The third-order valence-electron chi connectivity index (χ3n) is 3.50. The van der Waals surface area contributed by atoms with Crippen LogP contribution in [-0.2, 0) is 11.2 Å². The summed E-state index contributed by atoms with van der Waals surface area (Å²) in [6.07, 6.45) is 2.16. The number of ether oxygens (including phenoxy) is 3. The van der Waals surface area contributed by atoms with Crippen molar-refractivity contribution in [3.05, 3.63) is 47.8 Å². The first kappa shape index (κ1) is 15.1. The minimum absolute atomic E-state index is 0.140. The van der Waals surface area contributed by atoms with Crippen molar-refractivity contribution < 1.29 is 24.1 Å². The van der Waals surface area contributed by atoms with Crippen molar-refractivity contribution in [2.75, 3.05) is 6.79 Å². The van der Waals surface area contributed by atoms with Crippen LogP contribution in [0.25, 0.3) is 0 Å². The van der Waals surface area contributed by atoms with E-state index in [4.69, 9.17) is 14.2 Å². The number of benzene rings is 1. The summed E-state index contributed by atoms with van der Waals surface area (Å²) in [6.45, 7) is 2.17. The molecule has 0 saturated carbocycles. The van der Waals surface area contributed by atoms with Gasteiger partial charge in [-0.05, 0) is 30.7 Å². The lowest BCUT2D eigenvalue weighted by molar-refractivity contribution is -0.145. The van der Waals surface area contributed by atoms with Crippen molar-refractivity contribution in [2.45, 2.75) is 25.9 Å². The molecule has 0 saturated heterocycles. The third kappa shape index (κ3) is 3.21. The van der Waals surface area contributed by atoms with Gasteiger partial charge < -0.3 is 19.3 Å². The van der Waals surface area contributed by atoms with E-state index in [1.54, 1.807) is 36.5 Å². The van der Waals surface area contributed by atoms with E-state index in [0.29, 0.717) is 22.8 Å². The van der Waals surface area contributed by atoms with Crippen molar-refractivity contribution in [1.82, 2.24) is 4.98 Å². The van der Waals surface area contributed by atoms with Gasteiger partial charge in [-0.3, -0.25) is 4.98 Å². The van der Waals surface area contributed by atoms with E-state index in [1.807, 2.05) is 6.92 Å². The first-order valence-electron chi connectivity index (χ1n) is 7.42. The molecule has 0 amide bonds. The Hall–Kier alpha value is -2.76. The van der Waals surface area contributed by atoms with E-state index < -0.39 is 12.1 Å². The van der Waals surface area contributed by atoms with Crippen LogP contribution in [0.5, 0.6) is 17.2 Å². The van der Waals surface area contributed by atoms with E-state index in [0.717, 1.165) is 18.5 Å². The number of aromatic nitrogens is 1. The van der Waals surface area contributed by atoms with Crippen LogP contribution in [0, 0.1) is 0 Å². The quantitative estimate of drug-likeness (QED) is 0.883. The Morgan fingerprint density at radius 1 is 1.35 bits per heavy atom. The molecule has 1 aromatic heterocycles. The Morgan fingerprint density at radius 3 is 2.96 bits per heavy atom. The number of rotatable bonds is 6. The second-order valence-corrected chi connectivity index (χ2v) is 5.15. The lowest BCUT2D eigenvalue weighted by atomic mass is 10.1. The van der Waals surface area contributed by atoms with Crippen LogP contribution in [-0.4, -0.2) is 22.9 Å². The van der Waals surface area contributed by atoms with E-state index in [9.17, 15) is 9.90 Å². The molecular formula is C17H17NO5. The van der Waals surface area contributed by atoms with Crippen molar-refractivity contribution in [3.63, 3.8) is 0 Å². The van der Waals surface area contributed by atoms with Crippen molar-refractivity contribution in [3.8, 4) is 17.2 Å². The molecule has 1 aromatic carbocycles. The van der Waals surface area contributed by atoms with Crippen LogP contribution < -0.4 is 14.2 Å². The molecule has 6 heteroatoms. The number of fused-ring (bicyclic) bond motifs is 1. The number of hydrogen-bond donors (Lipinski definition) is 1. The summed E-state index contributed by atoms with van der Waals surface area (Å²) >= 11 is 0. The van der Waals surface area contributed by atoms with Crippen molar-refractivity contribution in [2.24, 2.45) is 0 Å². The molecule has 2 aromatic rings. The summed E-state index contributed by atoms with van der Waals surface area (Å²) in [6, 6.07) is 8.46. The van der Waals surface area contributed by atoms with E-state index >= 15 is 0 Å². The van der Waals surface area contributed by atoms with Gasteiger partial charge in [-0.1, -0.05) is 19.4 Å². The Balaban J connectivity index is 1.90. The number of hydrogen-bond acceptors (Lipinski definition) is 5. The van der Waals surface area contributed by atoms with Gasteiger partial charge in [0.1, 0.15) is 5.75 Å². The lowest BCUT2D eigenvalue weighted by Gasteiger charge is -2.17. The minimum Gasteiger partial charge on any atom is -0.478 e. The molecule has 0 aliphatic carbocycles. The predicted octanol–water partition coefficient (Wildman–Crippen LogP) is 2.97. The molecule has 1 unspecified atom stereocenters. The summed E-state index contributed by atoms with van der Waals surface area (Å²) in [5.74, 6) is 0.540. The molecule has 23 heavy (non-hydrogen) atoms. The number of pyridine rings is 1. The molecule has 1 N–H and O–H groups in total. The molecule has 1 aliphatic heterocycles. The summed E-state index contributed by atoms with van der Waals surface area (Å²) in [7, 11) is 0. The molecular weight excluding hydrogens is 298 g/mol. The smallest absolute Gasteiger partial charge is 0.349 e. The van der Waals surface area contributed by atoms with Crippen molar-refractivity contribution in [1.29, 1.82) is 0 Å². The highest BCUT2D eigenvalue weighted by atomic mass is 16.7. The van der Waals surface area contributed by atoms with Crippen LogP contribution in [0.2, 0.25) is 0 Å². The maximum atomic E-state index is 11.7. The minimum atomic E-state index is -1.13. The molecule has 0 radical (unpaired) electrons.